The van der Waals surface area contributed by atoms with Crippen LogP contribution in [0.15, 0.2) is 0 Å². The van der Waals surface area contributed by atoms with Gasteiger partial charge in [0.05, 0.1) is 0 Å². The lowest BCUT2D eigenvalue weighted by molar-refractivity contribution is 0.481. The Morgan fingerprint density at radius 3 is 2.70 bits per heavy atom. The van der Waals surface area contributed by atoms with E-state index < -0.39 is 0 Å². The average Bonchev–Trinajstić information content (AvgIpc) is 2.12. The topological polar surface area (TPSA) is 26.0 Å². The molecule has 60 valence electrons. The second kappa shape index (κ2) is 3.14. The van der Waals surface area contributed by atoms with Gasteiger partial charge in [0.25, 0.3) is 0 Å². The third kappa shape index (κ3) is 2.17. The van der Waals surface area contributed by atoms with Crippen molar-refractivity contribution in [3.63, 3.8) is 0 Å². The zero-order valence-electron chi connectivity index (χ0n) is 6.89. The van der Waals surface area contributed by atoms with Crippen LogP contribution in [0, 0.1) is 5.92 Å². The first-order valence-electron chi connectivity index (χ1n) is 3.98. The zero-order chi connectivity index (χ0) is 7.61. The molecule has 1 nitrogen and oxygen atoms in total. The molecule has 0 aromatic rings. The van der Waals surface area contributed by atoms with E-state index in [1.165, 1.54) is 18.6 Å². The van der Waals surface area contributed by atoms with E-state index in [-0.39, 0.29) is 0 Å². The molecule has 0 amide bonds. The van der Waals surface area contributed by atoms with Crippen LogP contribution < -0.4 is 5.73 Å². The maximum atomic E-state index is 5.49. The molecule has 0 spiro atoms. The first kappa shape index (κ1) is 8.41. The lowest BCUT2D eigenvalue weighted by Crippen LogP contribution is -2.13. The molecule has 1 aliphatic rings. The molecule has 1 heterocycles. The van der Waals surface area contributed by atoms with Crippen LogP contribution in [0.4, 0.5) is 0 Å². The SMILES string of the molecule is CC1(C)CC(CCN)CS1. The molecule has 0 radical (unpaired) electrons. The minimum atomic E-state index is 0.528. The Morgan fingerprint density at radius 1 is 1.60 bits per heavy atom. The van der Waals surface area contributed by atoms with Crippen LogP contribution in [0.3, 0.4) is 0 Å². The predicted octanol–water partition coefficient (Wildman–Crippen LogP) is 1.87. The van der Waals surface area contributed by atoms with Gasteiger partial charge in [-0.3, -0.25) is 0 Å². The van der Waals surface area contributed by atoms with Gasteiger partial charge in [0.15, 0.2) is 0 Å². The van der Waals surface area contributed by atoms with Crippen molar-refractivity contribution < 1.29 is 0 Å². The van der Waals surface area contributed by atoms with E-state index >= 15 is 0 Å². The van der Waals surface area contributed by atoms with Crippen molar-refractivity contribution in [1.82, 2.24) is 0 Å². The molecule has 1 unspecified atom stereocenters. The van der Waals surface area contributed by atoms with E-state index in [9.17, 15) is 0 Å². The van der Waals surface area contributed by atoms with Crippen molar-refractivity contribution in [2.45, 2.75) is 31.4 Å². The highest BCUT2D eigenvalue weighted by Crippen LogP contribution is 2.41. The molecule has 2 heteroatoms. The smallest absolute Gasteiger partial charge is 0.0106 e. The third-order valence-corrected chi connectivity index (χ3v) is 3.65. The maximum Gasteiger partial charge on any atom is 0.0106 e. The van der Waals surface area contributed by atoms with Crippen molar-refractivity contribution in [3.05, 3.63) is 0 Å². The minimum Gasteiger partial charge on any atom is -0.330 e. The van der Waals surface area contributed by atoms with Gasteiger partial charge in [-0.25, -0.2) is 0 Å². The van der Waals surface area contributed by atoms with E-state index in [0.717, 1.165) is 12.5 Å². The summed E-state index contributed by atoms with van der Waals surface area (Å²) in [6.07, 6.45) is 2.57. The maximum absolute atomic E-state index is 5.49. The quantitative estimate of drug-likeness (QED) is 0.665. The average molecular weight is 159 g/mol. The molecule has 2 N–H and O–H groups in total. The summed E-state index contributed by atoms with van der Waals surface area (Å²) in [5, 5.41) is 0. The predicted molar refractivity (Wildman–Crippen MR) is 48.3 cm³/mol. The Labute approximate surface area is 67.8 Å². The van der Waals surface area contributed by atoms with Crippen LogP contribution in [0.25, 0.3) is 0 Å². The molecule has 0 saturated carbocycles. The summed E-state index contributed by atoms with van der Waals surface area (Å²) in [7, 11) is 0. The van der Waals surface area contributed by atoms with Crippen molar-refractivity contribution in [2.24, 2.45) is 11.7 Å². The Hall–Kier alpha value is 0.310. The van der Waals surface area contributed by atoms with Gasteiger partial charge < -0.3 is 5.73 Å². The van der Waals surface area contributed by atoms with Crippen LogP contribution >= 0.6 is 11.8 Å². The molecule has 0 aromatic carbocycles. The molecule has 1 saturated heterocycles. The summed E-state index contributed by atoms with van der Waals surface area (Å²) in [6.45, 7) is 5.52. The van der Waals surface area contributed by atoms with Crippen molar-refractivity contribution in [3.8, 4) is 0 Å². The van der Waals surface area contributed by atoms with Crippen molar-refractivity contribution in [2.75, 3.05) is 12.3 Å². The molecule has 1 atom stereocenters. The third-order valence-electron chi connectivity index (χ3n) is 2.06. The summed E-state index contributed by atoms with van der Waals surface area (Å²) in [6, 6.07) is 0. The van der Waals surface area contributed by atoms with Crippen LogP contribution in [-0.2, 0) is 0 Å². The minimum absolute atomic E-state index is 0.528. The van der Waals surface area contributed by atoms with Crippen LogP contribution in [0.1, 0.15) is 26.7 Å². The normalized spacial score (nSPS) is 30.9. The van der Waals surface area contributed by atoms with Gasteiger partial charge in [-0.15, -0.1) is 0 Å². The van der Waals surface area contributed by atoms with Crippen molar-refractivity contribution >= 4 is 11.8 Å². The highest BCUT2D eigenvalue weighted by molar-refractivity contribution is 8.00. The van der Waals surface area contributed by atoms with Gasteiger partial charge in [-0.2, -0.15) is 11.8 Å². The highest BCUT2D eigenvalue weighted by atomic mass is 32.2. The largest absolute Gasteiger partial charge is 0.330 e. The summed E-state index contributed by atoms with van der Waals surface area (Å²) >= 11 is 2.09. The van der Waals surface area contributed by atoms with E-state index in [4.69, 9.17) is 5.73 Å². The molecule has 0 aromatic heterocycles. The lowest BCUT2D eigenvalue weighted by atomic mass is 9.96. The zero-order valence-corrected chi connectivity index (χ0v) is 7.71. The fraction of sp³-hybridized carbons (Fsp3) is 1.00. The fourth-order valence-corrected chi connectivity index (χ4v) is 2.90. The van der Waals surface area contributed by atoms with E-state index in [1.807, 2.05) is 0 Å². The van der Waals surface area contributed by atoms with Gasteiger partial charge in [0.2, 0.25) is 0 Å². The van der Waals surface area contributed by atoms with Gasteiger partial charge in [-0.1, -0.05) is 13.8 Å². The van der Waals surface area contributed by atoms with Gasteiger partial charge in [0, 0.05) is 4.75 Å². The first-order valence-corrected chi connectivity index (χ1v) is 4.96. The highest BCUT2D eigenvalue weighted by Gasteiger charge is 2.30. The Balaban J connectivity index is 2.29. The molecule has 0 aliphatic carbocycles. The summed E-state index contributed by atoms with van der Waals surface area (Å²) < 4.78 is 0.528. The molecule has 10 heavy (non-hydrogen) atoms. The molecule has 1 fully saturated rings. The summed E-state index contributed by atoms with van der Waals surface area (Å²) in [4.78, 5) is 0. The number of hydrogen-bond donors (Lipinski definition) is 1. The Morgan fingerprint density at radius 2 is 2.30 bits per heavy atom. The Bertz CT molecular complexity index is 112. The van der Waals surface area contributed by atoms with E-state index in [1.54, 1.807) is 0 Å². The molecule has 1 rings (SSSR count). The monoisotopic (exact) mass is 159 g/mol. The summed E-state index contributed by atoms with van der Waals surface area (Å²) in [5.74, 6) is 2.22. The van der Waals surface area contributed by atoms with Gasteiger partial charge >= 0.3 is 0 Å². The Kier molecular flexibility index (Phi) is 2.64. The lowest BCUT2D eigenvalue weighted by Gasteiger charge is -2.15. The van der Waals surface area contributed by atoms with Crippen LogP contribution in [0.5, 0.6) is 0 Å². The second-order valence-electron chi connectivity index (χ2n) is 3.72. The number of rotatable bonds is 2. The van der Waals surface area contributed by atoms with Crippen LogP contribution in [0.2, 0.25) is 0 Å². The van der Waals surface area contributed by atoms with Crippen LogP contribution in [-0.4, -0.2) is 17.0 Å². The van der Waals surface area contributed by atoms with E-state index in [0.29, 0.717) is 4.75 Å². The first-order chi connectivity index (χ1) is 4.64. The molecule has 1 aliphatic heterocycles. The molecular weight excluding hydrogens is 142 g/mol. The summed E-state index contributed by atoms with van der Waals surface area (Å²) in [5.41, 5.74) is 5.49. The van der Waals surface area contributed by atoms with Crippen molar-refractivity contribution in [1.29, 1.82) is 0 Å². The molecular formula is C8H17NS. The van der Waals surface area contributed by atoms with E-state index in [2.05, 4.69) is 25.6 Å². The standard InChI is InChI=1S/C8H17NS/c1-8(2)5-7(3-4-9)6-10-8/h7H,3-6,9H2,1-2H3. The van der Waals surface area contributed by atoms with Gasteiger partial charge in [0.1, 0.15) is 0 Å². The number of thioether (sulfide) groups is 1. The number of hydrogen-bond acceptors (Lipinski definition) is 2. The van der Waals surface area contributed by atoms with Gasteiger partial charge in [-0.05, 0) is 31.1 Å². The molecule has 0 bridgehead atoms. The fourth-order valence-electron chi connectivity index (χ4n) is 1.58. The second-order valence-corrected chi connectivity index (χ2v) is 5.45. The number of nitrogens with two attached hydrogens (primary N) is 1.